The molecule has 0 aliphatic heterocycles. The number of hydrogen-bond donors (Lipinski definition) is 1. The molecule has 1 N–H and O–H groups in total. The van der Waals surface area contributed by atoms with Crippen LogP contribution in [0.3, 0.4) is 0 Å². The van der Waals surface area contributed by atoms with Crippen molar-refractivity contribution in [2.24, 2.45) is 0 Å². The van der Waals surface area contributed by atoms with Gasteiger partial charge in [-0.15, -0.1) is 0 Å². The number of ether oxygens (including phenoxy) is 4. The molecule has 0 aliphatic rings. The maximum atomic E-state index is 12.3. The lowest BCUT2D eigenvalue weighted by Crippen LogP contribution is -2.40. The van der Waals surface area contributed by atoms with E-state index in [1.54, 1.807) is 0 Å². The van der Waals surface area contributed by atoms with Gasteiger partial charge in [-0.25, -0.2) is 0 Å². The number of benzene rings is 2. The molecule has 28 heavy (non-hydrogen) atoms. The van der Waals surface area contributed by atoms with E-state index in [0.29, 0.717) is 18.7 Å². The number of hydrogen-bond acceptors (Lipinski definition) is 5. The van der Waals surface area contributed by atoms with E-state index in [0.717, 1.165) is 11.3 Å². The second-order valence-corrected chi connectivity index (χ2v) is 5.81. The number of methoxy groups -OCH3 is 2. The molecule has 0 fully saturated rings. The Hall–Kier alpha value is -3.17. The SMILES string of the molecule is COC#CCOc1ccc(CCNC(=O)C(COc2ccccc2)OC)cc1. The van der Waals surface area contributed by atoms with Gasteiger partial charge in [0.2, 0.25) is 0 Å². The van der Waals surface area contributed by atoms with Gasteiger partial charge in [0, 0.05) is 13.7 Å². The Labute approximate surface area is 165 Å². The van der Waals surface area contributed by atoms with Crippen molar-refractivity contribution in [1.82, 2.24) is 5.32 Å². The van der Waals surface area contributed by atoms with Crippen molar-refractivity contribution < 1.29 is 23.7 Å². The zero-order valence-corrected chi connectivity index (χ0v) is 16.1. The molecular weight excluding hydrogens is 358 g/mol. The Bertz CT molecular complexity index is 765. The molecule has 1 unspecified atom stereocenters. The second kappa shape index (κ2) is 12.3. The Morgan fingerprint density at radius 2 is 1.71 bits per heavy atom. The van der Waals surface area contributed by atoms with Crippen molar-refractivity contribution in [3.63, 3.8) is 0 Å². The lowest BCUT2D eigenvalue weighted by molar-refractivity contribution is -0.132. The number of para-hydroxylation sites is 1. The van der Waals surface area contributed by atoms with E-state index in [2.05, 4.69) is 22.1 Å². The van der Waals surface area contributed by atoms with Crippen LogP contribution in [0.15, 0.2) is 54.6 Å². The van der Waals surface area contributed by atoms with Crippen molar-refractivity contribution >= 4 is 5.91 Å². The second-order valence-electron chi connectivity index (χ2n) is 5.81. The van der Waals surface area contributed by atoms with Gasteiger partial charge in [-0.1, -0.05) is 30.3 Å². The molecule has 0 spiro atoms. The molecule has 2 aromatic rings. The number of amides is 1. The van der Waals surface area contributed by atoms with E-state index in [1.165, 1.54) is 14.2 Å². The zero-order chi connectivity index (χ0) is 20.0. The summed E-state index contributed by atoms with van der Waals surface area (Å²) in [6.45, 7) is 0.931. The molecule has 2 aromatic carbocycles. The standard InChI is InChI=1S/C22H25NO5/c1-25-15-6-16-27-20-11-9-18(10-12-20)13-14-23-22(24)21(26-2)17-28-19-7-4-3-5-8-19/h3-5,7-12,21H,13-14,16-17H2,1-2H3,(H,23,24). The maximum Gasteiger partial charge on any atom is 0.252 e. The topological polar surface area (TPSA) is 66.0 Å². The summed E-state index contributed by atoms with van der Waals surface area (Å²) < 4.78 is 20.9. The van der Waals surface area contributed by atoms with Crippen LogP contribution in [-0.2, 0) is 20.7 Å². The van der Waals surface area contributed by atoms with Crippen LogP contribution in [0.1, 0.15) is 5.56 Å². The number of rotatable bonds is 10. The molecule has 0 radical (unpaired) electrons. The summed E-state index contributed by atoms with van der Waals surface area (Å²) in [5, 5.41) is 2.87. The predicted octanol–water partition coefficient (Wildman–Crippen LogP) is 2.43. The molecule has 6 nitrogen and oxygen atoms in total. The smallest absolute Gasteiger partial charge is 0.252 e. The maximum absolute atomic E-state index is 12.3. The molecule has 148 valence electrons. The van der Waals surface area contributed by atoms with Gasteiger partial charge in [-0.3, -0.25) is 4.79 Å². The van der Waals surface area contributed by atoms with Crippen LogP contribution in [0.4, 0.5) is 0 Å². The highest BCUT2D eigenvalue weighted by Crippen LogP contribution is 2.12. The van der Waals surface area contributed by atoms with Gasteiger partial charge >= 0.3 is 0 Å². The highest BCUT2D eigenvalue weighted by atomic mass is 16.5. The summed E-state index contributed by atoms with van der Waals surface area (Å²) in [6.07, 6.45) is 2.50. The van der Waals surface area contributed by atoms with Crippen LogP contribution in [-0.4, -0.2) is 46.0 Å². The molecule has 0 bridgehead atoms. The van der Waals surface area contributed by atoms with Gasteiger partial charge in [-0.2, -0.15) is 0 Å². The minimum atomic E-state index is -0.663. The average Bonchev–Trinajstić information content (AvgIpc) is 2.73. The lowest BCUT2D eigenvalue weighted by atomic mass is 10.1. The molecule has 0 saturated heterocycles. The average molecular weight is 383 g/mol. The lowest BCUT2D eigenvalue weighted by Gasteiger charge is -2.16. The van der Waals surface area contributed by atoms with Crippen LogP contribution in [0.2, 0.25) is 0 Å². The molecule has 1 amide bonds. The predicted molar refractivity (Wildman–Crippen MR) is 106 cm³/mol. The van der Waals surface area contributed by atoms with Crippen molar-refractivity contribution in [2.75, 3.05) is 34.0 Å². The summed E-state index contributed by atoms with van der Waals surface area (Å²) in [5.41, 5.74) is 1.09. The molecule has 2 rings (SSSR count). The quantitative estimate of drug-likeness (QED) is 0.639. The first kappa shape index (κ1) is 21.1. The minimum absolute atomic E-state index is 0.157. The molecule has 0 heterocycles. The first-order valence-corrected chi connectivity index (χ1v) is 8.94. The van der Waals surface area contributed by atoms with Crippen molar-refractivity contribution in [3.05, 3.63) is 60.2 Å². The van der Waals surface area contributed by atoms with E-state index in [9.17, 15) is 4.79 Å². The molecule has 0 saturated carbocycles. The minimum Gasteiger partial charge on any atom is -0.490 e. The Morgan fingerprint density at radius 3 is 2.39 bits per heavy atom. The van der Waals surface area contributed by atoms with Crippen LogP contribution >= 0.6 is 0 Å². The molecule has 1 atom stereocenters. The van der Waals surface area contributed by atoms with Crippen molar-refractivity contribution in [2.45, 2.75) is 12.5 Å². The van der Waals surface area contributed by atoms with E-state index in [1.807, 2.05) is 54.6 Å². The summed E-state index contributed by atoms with van der Waals surface area (Å²) in [4.78, 5) is 12.3. The van der Waals surface area contributed by atoms with E-state index < -0.39 is 6.10 Å². The summed E-state index contributed by atoms with van der Waals surface area (Å²) >= 11 is 0. The first-order chi connectivity index (χ1) is 13.7. The molecule has 0 aliphatic carbocycles. The highest BCUT2D eigenvalue weighted by molar-refractivity contribution is 5.80. The van der Waals surface area contributed by atoms with Crippen LogP contribution in [0.25, 0.3) is 0 Å². The Morgan fingerprint density at radius 1 is 1.00 bits per heavy atom. The van der Waals surface area contributed by atoms with Gasteiger partial charge in [0.25, 0.3) is 5.91 Å². The fraction of sp³-hybridized carbons (Fsp3) is 0.318. The van der Waals surface area contributed by atoms with E-state index >= 15 is 0 Å². The monoisotopic (exact) mass is 383 g/mol. The largest absolute Gasteiger partial charge is 0.490 e. The summed E-state index contributed by atoms with van der Waals surface area (Å²) in [5.74, 6) is 3.95. The number of carbonyl (C=O) groups is 1. The van der Waals surface area contributed by atoms with Crippen molar-refractivity contribution in [1.29, 1.82) is 0 Å². The summed E-state index contributed by atoms with van der Waals surface area (Å²) in [7, 11) is 3.00. The Balaban J connectivity index is 1.71. The zero-order valence-electron chi connectivity index (χ0n) is 16.1. The van der Waals surface area contributed by atoms with Gasteiger partial charge in [-0.05, 0) is 42.2 Å². The highest BCUT2D eigenvalue weighted by Gasteiger charge is 2.18. The summed E-state index contributed by atoms with van der Waals surface area (Å²) in [6, 6.07) is 17.0. The van der Waals surface area contributed by atoms with Gasteiger partial charge in [0.1, 0.15) is 24.2 Å². The molecule has 6 heteroatoms. The fourth-order valence-electron chi connectivity index (χ4n) is 2.36. The number of nitrogens with one attached hydrogen (secondary N) is 1. The molecule has 0 aromatic heterocycles. The van der Waals surface area contributed by atoms with Gasteiger partial charge < -0.3 is 24.3 Å². The Kier molecular flexibility index (Phi) is 9.25. The van der Waals surface area contributed by atoms with Gasteiger partial charge in [0.15, 0.2) is 12.7 Å². The van der Waals surface area contributed by atoms with Crippen molar-refractivity contribution in [3.8, 4) is 23.5 Å². The van der Waals surface area contributed by atoms with Gasteiger partial charge in [0.05, 0.1) is 7.11 Å². The van der Waals surface area contributed by atoms with Crippen LogP contribution < -0.4 is 14.8 Å². The third kappa shape index (κ3) is 7.60. The third-order valence-corrected chi connectivity index (χ3v) is 3.84. The third-order valence-electron chi connectivity index (χ3n) is 3.84. The van der Waals surface area contributed by atoms with Crippen LogP contribution in [0, 0.1) is 12.0 Å². The first-order valence-electron chi connectivity index (χ1n) is 8.94. The molecular formula is C22H25NO5. The van der Waals surface area contributed by atoms with E-state index in [-0.39, 0.29) is 19.1 Å². The van der Waals surface area contributed by atoms with E-state index in [4.69, 9.17) is 14.2 Å². The number of carbonyl (C=O) groups excluding carboxylic acids is 1. The fourth-order valence-corrected chi connectivity index (χ4v) is 2.36. The normalized spacial score (nSPS) is 10.9. The van der Waals surface area contributed by atoms with Crippen LogP contribution in [0.5, 0.6) is 11.5 Å².